The van der Waals surface area contributed by atoms with Crippen molar-refractivity contribution in [3.05, 3.63) is 11.8 Å². The molecule has 9 nitrogen and oxygen atoms in total. The highest BCUT2D eigenvalue weighted by Crippen LogP contribution is 2.21. The molecule has 0 spiro atoms. The summed E-state index contributed by atoms with van der Waals surface area (Å²) in [6, 6.07) is 1.72. The zero-order valence-electron chi connectivity index (χ0n) is 14.5. The van der Waals surface area contributed by atoms with Gasteiger partial charge in [0.05, 0.1) is 31.2 Å². The van der Waals surface area contributed by atoms with Gasteiger partial charge in [-0.25, -0.2) is 13.4 Å². The van der Waals surface area contributed by atoms with Crippen LogP contribution in [0.3, 0.4) is 0 Å². The van der Waals surface area contributed by atoms with E-state index >= 15 is 0 Å². The molecule has 2 aliphatic rings. The van der Waals surface area contributed by atoms with E-state index in [0.717, 1.165) is 0 Å². The first kappa shape index (κ1) is 17.9. The third-order valence-electron chi connectivity index (χ3n) is 4.24. The van der Waals surface area contributed by atoms with Crippen molar-refractivity contribution in [1.82, 2.24) is 14.9 Å². The highest BCUT2D eigenvalue weighted by molar-refractivity contribution is 7.89. The van der Waals surface area contributed by atoms with Gasteiger partial charge in [-0.05, 0) is 0 Å². The van der Waals surface area contributed by atoms with Crippen molar-refractivity contribution in [2.75, 3.05) is 69.0 Å². The van der Waals surface area contributed by atoms with E-state index in [-0.39, 0.29) is 18.2 Å². The third-order valence-corrected chi connectivity index (χ3v) is 5.06. The number of carbonyl (C=O) groups is 1. The normalized spacial score (nSPS) is 19.4. The number of hydrogen-bond acceptors (Lipinski definition) is 8. The van der Waals surface area contributed by atoms with Gasteiger partial charge in [0.2, 0.25) is 11.9 Å². The SMILES string of the molecule is CN1CCN(c2nc(CS(C)(=O)=O)cc(N3CCOCC3)n2)CC1=O. The Balaban J connectivity index is 1.92. The number of aromatic nitrogens is 2. The molecule has 0 aromatic carbocycles. The van der Waals surface area contributed by atoms with Crippen molar-refractivity contribution in [3.8, 4) is 0 Å². The lowest BCUT2D eigenvalue weighted by molar-refractivity contribution is -0.129. The van der Waals surface area contributed by atoms with E-state index in [1.807, 2.05) is 0 Å². The molecule has 0 N–H and O–H groups in total. The second-order valence-electron chi connectivity index (χ2n) is 6.42. The second kappa shape index (κ2) is 7.12. The number of likely N-dealkylation sites (N-methyl/N-ethyl adjacent to an activating group) is 1. The molecule has 25 heavy (non-hydrogen) atoms. The summed E-state index contributed by atoms with van der Waals surface area (Å²) < 4.78 is 28.8. The van der Waals surface area contributed by atoms with Gasteiger partial charge in [-0.1, -0.05) is 0 Å². The molecule has 0 unspecified atom stereocenters. The van der Waals surface area contributed by atoms with E-state index in [1.165, 1.54) is 6.26 Å². The van der Waals surface area contributed by atoms with Crippen molar-refractivity contribution >= 4 is 27.5 Å². The molecular formula is C15H23N5O4S. The van der Waals surface area contributed by atoms with Gasteiger partial charge >= 0.3 is 0 Å². The van der Waals surface area contributed by atoms with Crippen LogP contribution in [0, 0.1) is 0 Å². The minimum atomic E-state index is -3.22. The van der Waals surface area contributed by atoms with Gasteiger partial charge in [0.25, 0.3) is 0 Å². The van der Waals surface area contributed by atoms with E-state index in [1.54, 1.807) is 22.9 Å². The monoisotopic (exact) mass is 369 g/mol. The molecule has 0 saturated carbocycles. The number of hydrogen-bond donors (Lipinski definition) is 0. The van der Waals surface area contributed by atoms with Crippen LogP contribution in [-0.4, -0.2) is 88.4 Å². The number of rotatable bonds is 4. The molecule has 0 atom stereocenters. The summed E-state index contributed by atoms with van der Waals surface area (Å²) in [5.74, 6) is 0.931. The second-order valence-corrected chi connectivity index (χ2v) is 8.56. The number of piperazine rings is 1. The Morgan fingerprint density at radius 1 is 1.12 bits per heavy atom. The van der Waals surface area contributed by atoms with Crippen molar-refractivity contribution < 1.29 is 17.9 Å². The quantitative estimate of drug-likeness (QED) is 0.676. The fourth-order valence-corrected chi connectivity index (χ4v) is 3.52. The van der Waals surface area contributed by atoms with Crippen LogP contribution in [0.2, 0.25) is 0 Å². The van der Waals surface area contributed by atoms with Gasteiger partial charge in [-0.3, -0.25) is 4.79 Å². The van der Waals surface area contributed by atoms with E-state index in [2.05, 4.69) is 14.9 Å². The number of ether oxygens (including phenoxy) is 1. The number of nitrogens with zero attached hydrogens (tertiary/aromatic N) is 5. The summed E-state index contributed by atoms with van der Waals surface area (Å²) in [6.45, 7) is 3.99. The number of anilines is 2. The molecule has 3 rings (SSSR count). The molecule has 3 heterocycles. The van der Waals surface area contributed by atoms with Crippen LogP contribution in [0.25, 0.3) is 0 Å². The van der Waals surface area contributed by atoms with Crippen molar-refractivity contribution in [1.29, 1.82) is 0 Å². The highest BCUT2D eigenvalue weighted by Gasteiger charge is 2.25. The standard InChI is InChI=1S/C15H23N5O4S/c1-18-3-4-20(10-14(18)21)15-16-12(11-25(2,22)23)9-13(17-15)19-5-7-24-8-6-19/h9H,3-8,10-11H2,1-2H3. The van der Waals surface area contributed by atoms with Crippen LogP contribution in [0.1, 0.15) is 5.69 Å². The molecule has 0 aliphatic carbocycles. The lowest BCUT2D eigenvalue weighted by Crippen LogP contribution is -2.49. The van der Waals surface area contributed by atoms with E-state index in [0.29, 0.717) is 56.9 Å². The maximum absolute atomic E-state index is 12.0. The Bertz CT molecular complexity index is 748. The largest absolute Gasteiger partial charge is 0.378 e. The van der Waals surface area contributed by atoms with Crippen LogP contribution in [-0.2, 0) is 25.1 Å². The predicted molar refractivity (Wildman–Crippen MR) is 93.5 cm³/mol. The Morgan fingerprint density at radius 2 is 1.84 bits per heavy atom. The molecule has 0 bridgehead atoms. The topological polar surface area (TPSA) is 95.9 Å². The molecular weight excluding hydrogens is 346 g/mol. The highest BCUT2D eigenvalue weighted by atomic mass is 32.2. The molecule has 1 amide bonds. The van der Waals surface area contributed by atoms with E-state index in [4.69, 9.17) is 4.74 Å². The minimum Gasteiger partial charge on any atom is -0.378 e. The zero-order chi connectivity index (χ0) is 18.0. The first-order valence-corrected chi connectivity index (χ1v) is 10.3. The van der Waals surface area contributed by atoms with Gasteiger partial charge < -0.3 is 19.4 Å². The average Bonchev–Trinajstić information content (AvgIpc) is 2.56. The molecule has 2 fully saturated rings. The average molecular weight is 369 g/mol. The molecule has 1 aromatic heterocycles. The Kier molecular flexibility index (Phi) is 5.09. The van der Waals surface area contributed by atoms with Crippen LogP contribution < -0.4 is 9.80 Å². The van der Waals surface area contributed by atoms with Gasteiger partial charge in [-0.2, -0.15) is 4.98 Å². The maximum atomic E-state index is 12.0. The summed E-state index contributed by atoms with van der Waals surface area (Å²) in [6.07, 6.45) is 1.18. The number of morpholine rings is 1. The lowest BCUT2D eigenvalue weighted by atomic mass is 10.3. The van der Waals surface area contributed by atoms with Gasteiger partial charge in [0.15, 0.2) is 9.84 Å². The zero-order valence-corrected chi connectivity index (χ0v) is 15.3. The summed E-state index contributed by atoms with van der Waals surface area (Å²) >= 11 is 0. The third kappa shape index (κ3) is 4.57. The van der Waals surface area contributed by atoms with Crippen LogP contribution in [0.15, 0.2) is 6.07 Å². The summed E-state index contributed by atoms with van der Waals surface area (Å²) in [7, 11) is -1.46. The molecule has 1 aromatic rings. The van der Waals surface area contributed by atoms with Crippen molar-refractivity contribution in [3.63, 3.8) is 0 Å². The molecule has 2 aliphatic heterocycles. The van der Waals surface area contributed by atoms with Gasteiger partial charge in [0.1, 0.15) is 5.82 Å². The number of amides is 1. The summed E-state index contributed by atoms with van der Waals surface area (Å²) in [5, 5.41) is 0. The molecule has 0 radical (unpaired) electrons. The van der Waals surface area contributed by atoms with Gasteiger partial charge in [0, 0.05) is 45.5 Å². The van der Waals surface area contributed by atoms with Crippen LogP contribution in [0.4, 0.5) is 11.8 Å². The van der Waals surface area contributed by atoms with Gasteiger partial charge in [-0.15, -0.1) is 0 Å². The van der Waals surface area contributed by atoms with Crippen molar-refractivity contribution in [2.45, 2.75) is 5.75 Å². The number of sulfone groups is 1. The fourth-order valence-electron chi connectivity index (χ4n) is 2.84. The first-order chi connectivity index (χ1) is 11.8. The van der Waals surface area contributed by atoms with Crippen molar-refractivity contribution in [2.24, 2.45) is 0 Å². The first-order valence-electron chi connectivity index (χ1n) is 8.19. The molecule has 10 heteroatoms. The Hall–Kier alpha value is -1.94. The van der Waals surface area contributed by atoms with E-state index < -0.39 is 9.84 Å². The summed E-state index contributed by atoms with van der Waals surface area (Å²) in [5.41, 5.74) is 0.445. The Morgan fingerprint density at radius 3 is 2.48 bits per heavy atom. The molecule has 138 valence electrons. The molecule has 2 saturated heterocycles. The maximum Gasteiger partial charge on any atom is 0.242 e. The minimum absolute atomic E-state index is 0.00344. The van der Waals surface area contributed by atoms with Crippen LogP contribution >= 0.6 is 0 Å². The number of carbonyl (C=O) groups excluding carboxylic acids is 1. The van der Waals surface area contributed by atoms with E-state index in [9.17, 15) is 13.2 Å². The Labute approximate surface area is 147 Å². The smallest absolute Gasteiger partial charge is 0.242 e. The lowest BCUT2D eigenvalue weighted by Gasteiger charge is -2.33. The summed E-state index contributed by atoms with van der Waals surface area (Å²) in [4.78, 5) is 26.5. The van der Waals surface area contributed by atoms with Crippen LogP contribution in [0.5, 0.6) is 0 Å². The predicted octanol–water partition coefficient (Wildman–Crippen LogP) is -0.864. The fraction of sp³-hybridized carbons (Fsp3) is 0.667.